The SMILES string of the molecule is NC(N)=NC(CCCC[N+](=O)[O-])C(=O)O. The van der Waals surface area contributed by atoms with E-state index in [1.165, 1.54) is 0 Å². The first-order chi connectivity index (χ1) is 6.93. The Hall–Kier alpha value is -1.86. The van der Waals surface area contributed by atoms with Gasteiger partial charge in [0.05, 0.1) is 0 Å². The molecule has 0 bridgehead atoms. The van der Waals surface area contributed by atoms with E-state index >= 15 is 0 Å². The number of aliphatic imine (C=N–C) groups is 1. The Morgan fingerprint density at radius 3 is 2.47 bits per heavy atom. The number of guanidine groups is 1. The quantitative estimate of drug-likeness (QED) is 0.167. The van der Waals surface area contributed by atoms with Crippen molar-refractivity contribution >= 4 is 11.9 Å². The summed E-state index contributed by atoms with van der Waals surface area (Å²) in [6.07, 6.45) is 0.909. The van der Waals surface area contributed by atoms with Crippen molar-refractivity contribution in [1.29, 1.82) is 0 Å². The number of hydrogen-bond acceptors (Lipinski definition) is 4. The minimum atomic E-state index is -1.13. The van der Waals surface area contributed by atoms with Gasteiger partial charge in [0.15, 0.2) is 12.0 Å². The first-order valence-electron chi connectivity index (χ1n) is 4.37. The van der Waals surface area contributed by atoms with Crippen molar-refractivity contribution in [1.82, 2.24) is 0 Å². The molecule has 0 heterocycles. The molecule has 0 aliphatic heterocycles. The van der Waals surface area contributed by atoms with Gasteiger partial charge < -0.3 is 16.6 Å². The summed E-state index contributed by atoms with van der Waals surface area (Å²) >= 11 is 0. The van der Waals surface area contributed by atoms with E-state index in [0.717, 1.165) is 0 Å². The van der Waals surface area contributed by atoms with Crippen molar-refractivity contribution in [2.24, 2.45) is 16.5 Å². The molecule has 0 aliphatic carbocycles. The molecule has 8 nitrogen and oxygen atoms in total. The Morgan fingerprint density at radius 1 is 1.47 bits per heavy atom. The molecular formula is C7H14N4O4. The zero-order chi connectivity index (χ0) is 11.8. The monoisotopic (exact) mass is 218 g/mol. The van der Waals surface area contributed by atoms with Crippen LogP contribution in [0.25, 0.3) is 0 Å². The largest absolute Gasteiger partial charge is 0.480 e. The lowest BCUT2D eigenvalue weighted by Crippen LogP contribution is -2.29. The maximum atomic E-state index is 10.6. The summed E-state index contributed by atoms with van der Waals surface area (Å²) in [7, 11) is 0. The lowest BCUT2D eigenvalue weighted by atomic mass is 10.1. The van der Waals surface area contributed by atoms with Crippen LogP contribution in [0.4, 0.5) is 0 Å². The van der Waals surface area contributed by atoms with E-state index in [9.17, 15) is 14.9 Å². The second kappa shape index (κ2) is 6.57. The molecule has 0 aliphatic rings. The number of nitrogens with two attached hydrogens (primary N) is 2. The summed E-state index contributed by atoms with van der Waals surface area (Å²) < 4.78 is 0. The van der Waals surface area contributed by atoms with Gasteiger partial charge in [-0.25, -0.2) is 9.79 Å². The molecule has 0 amide bonds. The van der Waals surface area contributed by atoms with E-state index in [4.69, 9.17) is 16.6 Å². The van der Waals surface area contributed by atoms with Gasteiger partial charge in [-0.3, -0.25) is 10.1 Å². The minimum Gasteiger partial charge on any atom is -0.480 e. The minimum absolute atomic E-state index is 0.172. The molecule has 0 spiro atoms. The summed E-state index contributed by atoms with van der Waals surface area (Å²) in [6.45, 7) is -0.172. The standard InChI is InChI=1S/C7H14N4O4/c8-7(9)10-5(6(12)13)3-1-2-4-11(14)15/h5H,1-4H2,(H,12,13)(H4,8,9,10). The smallest absolute Gasteiger partial charge is 0.328 e. The average Bonchev–Trinajstić information content (AvgIpc) is 2.08. The zero-order valence-corrected chi connectivity index (χ0v) is 8.13. The number of rotatable bonds is 7. The number of carbonyl (C=O) groups is 1. The summed E-state index contributed by atoms with van der Waals surface area (Å²) in [6, 6.07) is -1.01. The van der Waals surface area contributed by atoms with Gasteiger partial charge in [-0.1, -0.05) is 0 Å². The molecule has 0 aromatic carbocycles. The Morgan fingerprint density at radius 2 is 2.07 bits per heavy atom. The maximum Gasteiger partial charge on any atom is 0.328 e. The Kier molecular flexibility index (Phi) is 5.76. The Bertz CT molecular complexity index is 262. The predicted molar refractivity (Wildman–Crippen MR) is 52.9 cm³/mol. The Labute approximate surface area is 86.1 Å². The highest BCUT2D eigenvalue weighted by Crippen LogP contribution is 2.05. The summed E-state index contributed by atoms with van der Waals surface area (Å²) in [5.41, 5.74) is 10.1. The summed E-state index contributed by atoms with van der Waals surface area (Å²) in [5, 5.41) is 18.7. The van der Waals surface area contributed by atoms with Gasteiger partial charge in [0.25, 0.3) is 0 Å². The van der Waals surface area contributed by atoms with E-state index in [0.29, 0.717) is 12.8 Å². The molecule has 86 valence electrons. The number of hydrogen-bond donors (Lipinski definition) is 3. The molecule has 0 radical (unpaired) electrons. The van der Waals surface area contributed by atoms with Crippen LogP contribution in [0.3, 0.4) is 0 Å². The molecule has 0 saturated heterocycles. The van der Waals surface area contributed by atoms with Gasteiger partial charge in [-0.15, -0.1) is 0 Å². The second-order valence-corrected chi connectivity index (χ2v) is 2.96. The second-order valence-electron chi connectivity index (χ2n) is 2.96. The van der Waals surface area contributed by atoms with Crippen LogP contribution < -0.4 is 11.5 Å². The van der Waals surface area contributed by atoms with E-state index in [1.807, 2.05) is 0 Å². The number of nitrogens with zero attached hydrogens (tertiary/aromatic N) is 2. The molecule has 0 aromatic heterocycles. The highest BCUT2D eigenvalue weighted by Gasteiger charge is 2.16. The van der Waals surface area contributed by atoms with Crippen LogP contribution in [-0.2, 0) is 4.79 Å². The van der Waals surface area contributed by atoms with E-state index in [-0.39, 0.29) is 18.9 Å². The van der Waals surface area contributed by atoms with Crippen LogP contribution in [0.15, 0.2) is 4.99 Å². The number of aliphatic carboxylic acids is 1. The van der Waals surface area contributed by atoms with Crippen LogP contribution in [0.1, 0.15) is 19.3 Å². The lowest BCUT2D eigenvalue weighted by Gasteiger charge is -2.06. The zero-order valence-electron chi connectivity index (χ0n) is 8.13. The summed E-state index contributed by atoms with van der Waals surface area (Å²) in [4.78, 5) is 23.6. The third-order valence-corrected chi connectivity index (χ3v) is 1.66. The fourth-order valence-corrected chi connectivity index (χ4v) is 1.00. The molecule has 5 N–H and O–H groups in total. The van der Waals surface area contributed by atoms with Crippen LogP contribution >= 0.6 is 0 Å². The van der Waals surface area contributed by atoms with E-state index in [2.05, 4.69) is 4.99 Å². The highest BCUT2D eigenvalue weighted by molar-refractivity contribution is 5.81. The first kappa shape index (κ1) is 13.1. The molecule has 0 fully saturated rings. The van der Waals surface area contributed by atoms with Crippen molar-refractivity contribution in [2.45, 2.75) is 25.3 Å². The molecule has 0 aromatic rings. The third kappa shape index (κ3) is 7.23. The maximum absolute atomic E-state index is 10.6. The predicted octanol–water partition coefficient (Wildman–Crippen LogP) is -0.840. The van der Waals surface area contributed by atoms with Crippen molar-refractivity contribution in [3.63, 3.8) is 0 Å². The van der Waals surface area contributed by atoms with Crippen molar-refractivity contribution in [3.8, 4) is 0 Å². The average molecular weight is 218 g/mol. The fourth-order valence-electron chi connectivity index (χ4n) is 1.00. The van der Waals surface area contributed by atoms with Gasteiger partial charge in [-0.05, 0) is 12.8 Å². The van der Waals surface area contributed by atoms with Crippen LogP contribution in [-0.4, -0.2) is 34.5 Å². The van der Waals surface area contributed by atoms with Crippen LogP contribution in [0.2, 0.25) is 0 Å². The van der Waals surface area contributed by atoms with Crippen molar-refractivity contribution in [2.75, 3.05) is 6.54 Å². The van der Waals surface area contributed by atoms with Gasteiger partial charge in [-0.2, -0.15) is 0 Å². The first-order valence-corrected chi connectivity index (χ1v) is 4.37. The van der Waals surface area contributed by atoms with Gasteiger partial charge in [0, 0.05) is 11.3 Å². The third-order valence-electron chi connectivity index (χ3n) is 1.66. The molecular weight excluding hydrogens is 204 g/mol. The van der Waals surface area contributed by atoms with Crippen molar-refractivity contribution < 1.29 is 14.8 Å². The highest BCUT2D eigenvalue weighted by atomic mass is 16.6. The fraction of sp³-hybridized carbons (Fsp3) is 0.714. The number of carboxylic acid groups (broad SMARTS) is 1. The van der Waals surface area contributed by atoms with Gasteiger partial charge in [0.2, 0.25) is 6.54 Å². The molecule has 15 heavy (non-hydrogen) atoms. The number of carboxylic acids is 1. The van der Waals surface area contributed by atoms with Crippen LogP contribution in [0, 0.1) is 10.1 Å². The van der Waals surface area contributed by atoms with Gasteiger partial charge >= 0.3 is 5.97 Å². The van der Waals surface area contributed by atoms with E-state index in [1.54, 1.807) is 0 Å². The topological polar surface area (TPSA) is 145 Å². The number of unbranched alkanes of at least 4 members (excludes halogenated alkanes) is 1. The molecule has 8 heteroatoms. The summed E-state index contributed by atoms with van der Waals surface area (Å²) in [5.74, 6) is -1.43. The van der Waals surface area contributed by atoms with Crippen LogP contribution in [0.5, 0.6) is 0 Å². The molecule has 1 atom stereocenters. The number of nitro groups is 1. The molecule has 0 saturated carbocycles. The molecule has 1 unspecified atom stereocenters. The van der Waals surface area contributed by atoms with Crippen molar-refractivity contribution in [3.05, 3.63) is 10.1 Å². The normalized spacial score (nSPS) is 11.7. The lowest BCUT2D eigenvalue weighted by molar-refractivity contribution is -0.480. The van der Waals surface area contributed by atoms with Gasteiger partial charge in [0.1, 0.15) is 0 Å². The van der Waals surface area contributed by atoms with E-state index < -0.39 is 16.9 Å². The Balaban J connectivity index is 3.93. The molecule has 0 rings (SSSR count).